The molecule has 0 amide bonds. The maximum absolute atomic E-state index is 9.21. The second kappa shape index (κ2) is 3.52. The molecule has 2 aliphatic rings. The summed E-state index contributed by atoms with van der Waals surface area (Å²) in [6.07, 6.45) is 6.94. The first-order chi connectivity index (χ1) is 5.20. The summed E-state index contributed by atoms with van der Waals surface area (Å²) in [6.45, 7) is 0. The fourth-order valence-electron chi connectivity index (χ4n) is 2.81. The second-order valence-corrected chi connectivity index (χ2v) is 4.42. The number of halogens is 1. The van der Waals surface area contributed by atoms with Crippen molar-refractivity contribution in [2.75, 3.05) is 0 Å². The van der Waals surface area contributed by atoms with Crippen LogP contribution in [0, 0.1) is 5.41 Å². The SMILES string of the molecule is Cl.NC1CCCC2(C1)CC(O)C2. The van der Waals surface area contributed by atoms with Gasteiger partial charge in [-0.15, -0.1) is 12.4 Å². The van der Waals surface area contributed by atoms with Gasteiger partial charge in [0.15, 0.2) is 0 Å². The van der Waals surface area contributed by atoms with Crippen molar-refractivity contribution >= 4 is 12.4 Å². The summed E-state index contributed by atoms with van der Waals surface area (Å²) in [5.74, 6) is 0. The molecule has 0 radical (unpaired) electrons. The molecular weight excluding hydrogens is 174 g/mol. The molecule has 2 saturated carbocycles. The molecule has 2 rings (SSSR count). The van der Waals surface area contributed by atoms with Crippen LogP contribution in [0.4, 0.5) is 0 Å². The average Bonchev–Trinajstić information content (AvgIpc) is 1.84. The molecule has 3 N–H and O–H groups in total. The largest absolute Gasteiger partial charge is 0.393 e. The third-order valence-electron chi connectivity index (χ3n) is 3.31. The van der Waals surface area contributed by atoms with Gasteiger partial charge in [-0.3, -0.25) is 0 Å². The van der Waals surface area contributed by atoms with Crippen LogP contribution in [-0.2, 0) is 0 Å². The zero-order chi connectivity index (χ0) is 7.90. The Morgan fingerprint density at radius 2 is 1.92 bits per heavy atom. The standard InChI is InChI=1S/C9H17NO.ClH/c10-7-2-1-3-9(4-7)5-8(11)6-9;/h7-8,11H,1-6,10H2;1H. The second-order valence-electron chi connectivity index (χ2n) is 4.42. The summed E-state index contributed by atoms with van der Waals surface area (Å²) in [7, 11) is 0. The Labute approximate surface area is 79.9 Å². The molecule has 1 atom stereocenters. The fraction of sp³-hybridized carbons (Fsp3) is 1.00. The van der Waals surface area contributed by atoms with Gasteiger partial charge in [0.1, 0.15) is 0 Å². The third-order valence-corrected chi connectivity index (χ3v) is 3.31. The maximum atomic E-state index is 9.21. The summed E-state index contributed by atoms with van der Waals surface area (Å²) in [5, 5.41) is 9.21. The molecule has 0 heterocycles. The average molecular weight is 192 g/mol. The van der Waals surface area contributed by atoms with Crippen LogP contribution < -0.4 is 5.73 Å². The minimum atomic E-state index is -0.0136. The Morgan fingerprint density at radius 3 is 2.42 bits per heavy atom. The Bertz CT molecular complexity index is 151. The van der Waals surface area contributed by atoms with E-state index in [4.69, 9.17) is 5.73 Å². The van der Waals surface area contributed by atoms with Gasteiger partial charge in [0.25, 0.3) is 0 Å². The summed E-state index contributed by atoms with van der Waals surface area (Å²) >= 11 is 0. The zero-order valence-electron chi connectivity index (χ0n) is 7.33. The van der Waals surface area contributed by atoms with E-state index < -0.39 is 0 Å². The van der Waals surface area contributed by atoms with Crippen molar-refractivity contribution in [3.05, 3.63) is 0 Å². The number of hydrogen-bond donors (Lipinski definition) is 2. The first-order valence-corrected chi connectivity index (χ1v) is 4.64. The molecule has 1 spiro atoms. The van der Waals surface area contributed by atoms with Crippen molar-refractivity contribution in [3.63, 3.8) is 0 Å². The molecular formula is C9H18ClNO. The summed E-state index contributed by atoms with van der Waals surface area (Å²) in [5.41, 5.74) is 6.35. The Hall–Kier alpha value is 0.210. The van der Waals surface area contributed by atoms with Crippen LogP contribution in [0.25, 0.3) is 0 Å². The number of aliphatic hydroxyl groups is 1. The topological polar surface area (TPSA) is 46.2 Å². The first kappa shape index (κ1) is 10.3. The highest BCUT2D eigenvalue weighted by Gasteiger charge is 2.45. The van der Waals surface area contributed by atoms with Gasteiger partial charge in [-0.1, -0.05) is 6.42 Å². The molecule has 2 fully saturated rings. The molecule has 0 bridgehead atoms. The smallest absolute Gasteiger partial charge is 0.0550 e. The van der Waals surface area contributed by atoms with Gasteiger partial charge in [0, 0.05) is 6.04 Å². The number of aliphatic hydroxyl groups excluding tert-OH is 1. The van der Waals surface area contributed by atoms with Crippen LogP contribution in [0.5, 0.6) is 0 Å². The quantitative estimate of drug-likeness (QED) is 0.609. The lowest BCUT2D eigenvalue weighted by molar-refractivity contribution is -0.0577. The molecule has 0 aliphatic heterocycles. The Morgan fingerprint density at radius 1 is 1.25 bits per heavy atom. The third kappa shape index (κ3) is 1.76. The van der Waals surface area contributed by atoms with Gasteiger partial charge in [-0.25, -0.2) is 0 Å². The van der Waals surface area contributed by atoms with E-state index in [2.05, 4.69) is 0 Å². The van der Waals surface area contributed by atoms with Crippen molar-refractivity contribution in [2.24, 2.45) is 11.1 Å². The molecule has 0 aromatic carbocycles. The lowest BCUT2D eigenvalue weighted by Gasteiger charge is -2.49. The van der Waals surface area contributed by atoms with Crippen LogP contribution >= 0.6 is 12.4 Å². The molecule has 12 heavy (non-hydrogen) atoms. The van der Waals surface area contributed by atoms with Crippen molar-refractivity contribution < 1.29 is 5.11 Å². The summed E-state index contributed by atoms with van der Waals surface area (Å²) < 4.78 is 0. The van der Waals surface area contributed by atoms with E-state index in [0.29, 0.717) is 11.5 Å². The van der Waals surface area contributed by atoms with Crippen LogP contribution in [0.15, 0.2) is 0 Å². The molecule has 2 nitrogen and oxygen atoms in total. The van der Waals surface area contributed by atoms with E-state index in [1.165, 1.54) is 19.3 Å². The molecule has 72 valence electrons. The number of hydrogen-bond acceptors (Lipinski definition) is 2. The van der Waals surface area contributed by atoms with E-state index in [1.807, 2.05) is 0 Å². The zero-order valence-corrected chi connectivity index (χ0v) is 8.15. The highest BCUT2D eigenvalue weighted by Crippen LogP contribution is 2.51. The predicted octanol–water partition coefficient (Wildman–Crippen LogP) is 1.45. The molecule has 2 aliphatic carbocycles. The summed E-state index contributed by atoms with van der Waals surface area (Å²) in [4.78, 5) is 0. The van der Waals surface area contributed by atoms with E-state index >= 15 is 0 Å². The Kier molecular flexibility index (Phi) is 3.02. The van der Waals surface area contributed by atoms with Crippen molar-refractivity contribution in [1.29, 1.82) is 0 Å². The minimum absolute atomic E-state index is 0. The molecule has 0 saturated heterocycles. The van der Waals surface area contributed by atoms with Gasteiger partial charge in [0.2, 0.25) is 0 Å². The van der Waals surface area contributed by atoms with E-state index in [0.717, 1.165) is 19.3 Å². The fourth-order valence-corrected chi connectivity index (χ4v) is 2.81. The van der Waals surface area contributed by atoms with Gasteiger partial charge in [-0.2, -0.15) is 0 Å². The van der Waals surface area contributed by atoms with E-state index in [1.54, 1.807) is 0 Å². The van der Waals surface area contributed by atoms with Crippen molar-refractivity contribution in [2.45, 2.75) is 50.7 Å². The predicted molar refractivity (Wildman–Crippen MR) is 51.4 cm³/mol. The minimum Gasteiger partial charge on any atom is -0.393 e. The van der Waals surface area contributed by atoms with Crippen LogP contribution in [0.3, 0.4) is 0 Å². The van der Waals surface area contributed by atoms with Crippen LogP contribution in [-0.4, -0.2) is 17.3 Å². The number of nitrogens with two attached hydrogens (primary N) is 1. The molecule has 1 unspecified atom stereocenters. The maximum Gasteiger partial charge on any atom is 0.0550 e. The van der Waals surface area contributed by atoms with Gasteiger partial charge < -0.3 is 10.8 Å². The Balaban J connectivity index is 0.000000720. The van der Waals surface area contributed by atoms with Crippen molar-refractivity contribution in [3.8, 4) is 0 Å². The highest BCUT2D eigenvalue weighted by atomic mass is 35.5. The van der Waals surface area contributed by atoms with Crippen LogP contribution in [0.2, 0.25) is 0 Å². The molecule has 3 heteroatoms. The van der Waals surface area contributed by atoms with E-state index in [-0.39, 0.29) is 18.5 Å². The lowest BCUT2D eigenvalue weighted by atomic mass is 9.58. The number of rotatable bonds is 0. The molecule has 0 aromatic rings. The van der Waals surface area contributed by atoms with Crippen LogP contribution in [0.1, 0.15) is 38.5 Å². The van der Waals surface area contributed by atoms with E-state index in [9.17, 15) is 5.11 Å². The van der Waals surface area contributed by atoms with Gasteiger partial charge in [0.05, 0.1) is 6.10 Å². The summed E-state index contributed by atoms with van der Waals surface area (Å²) in [6, 6.07) is 0.413. The first-order valence-electron chi connectivity index (χ1n) is 4.64. The molecule has 0 aromatic heterocycles. The van der Waals surface area contributed by atoms with Gasteiger partial charge >= 0.3 is 0 Å². The van der Waals surface area contributed by atoms with Crippen molar-refractivity contribution in [1.82, 2.24) is 0 Å². The highest BCUT2D eigenvalue weighted by molar-refractivity contribution is 5.85. The monoisotopic (exact) mass is 191 g/mol. The van der Waals surface area contributed by atoms with Gasteiger partial charge in [-0.05, 0) is 37.5 Å². The normalized spacial score (nSPS) is 46.5. The lowest BCUT2D eigenvalue weighted by Crippen LogP contribution is -2.47.